The molecular weight excluding hydrogens is 686 g/mol. The van der Waals surface area contributed by atoms with Gasteiger partial charge in [0.25, 0.3) is 5.91 Å². The molecule has 0 radical (unpaired) electrons. The number of aromatic nitrogens is 1. The number of hydrogen-bond donors (Lipinski definition) is 0. The van der Waals surface area contributed by atoms with Crippen LogP contribution in [0.2, 0.25) is 0 Å². The van der Waals surface area contributed by atoms with Crippen LogP contribution in [0.1, 0.15) is 39.6 Å². The first-order valence-electron chi connectivity index (χ1n) is 13.9. The van der Waals surface area contributed by atoms with Gasteiger partial charge in [-0.05, 0) is 60.5 Å². The van der Waals surface area contributed by atoms with Crippen molar-refractivity contribution in [3.05, 3.63) is 116 Å². The largest absolute Gasteiger partial charge is 0.493 e. The fraction of sp³-hybridized carbons (Fsp3) is 0.171. The summed E-state index contributed by atoms with van der Waals surface area (Å²) in [6, 6.07) is 27.3. The summed E-state index contributed by atoms with van der Waals surface area (Å²) in [5.74, 6) is 0.913. The minimum Gasteiger partial charge on any atom is -0.493 e. The molecule has 4 aromatic carbocycles. The van der Waals surface area contributed by atoms with E-state index < -0.39 is 0 Å². The van der Waals surface area contributed by atoms with Crippen LogP contribution in [0.15, 0.2) is 99.0 Å². The van der Waals surface area contributed by atoms with Crippen LogP contribution in [0, 0.1) is 6.92 Å². The van der Waals surface area contributed by atoms with E-state index >= 15 is 0 Å². The van der Waals surface area contributed by atoms with Crippen LogP contribution >= 0.6 is 31.9 Å². The Bertz CT molecular complexity index is 1890. The highest BCUT2D eigenvalue weighted by Crippen LogP contribution is 2.43. The van der Waals surface area contributed by atoms with E-state index in [4.69, 9.17) is 24.3 Å². The third-order valence-corrected chi connectivity index (χ3v) is 8.79. The fourth-order valence-corrected chi connectivity index (χ4v) is 6.37. The number of carbonyl (C=O) groups excluding carboxylic acids is 1. The first-order valence-corrected chi connectivity index (χ1v) is 15.5. The van der Waals surface area contributed by atoms with Gasteiger partial charge in [0.2, 0.25) is 5.75 Å². The minimum atomic E-state index is -0.356. The topological polar surface area (TPSA) is 73.2 Å². The van der Waals surface area contributed by atoms with Crippen molar-refractivity contribution < 1.29 is 19.0 Å². The summed E-state index contributed by atoms with van der Waals surface area (Å²) < 4.78 is 18.5. The molecule has 0 fully saturated rings. The number of amides is 1. The molecule has 222 valence electrons. The van der Waals surface area contributed by atoms with Crippen LogP contribution < -0.4 is 14.2 Å². The molecule has 1 aliphatic rings. The average molecular weight is 715 g/mol. The van der Waals surface area contributed by atoms with Crippen LogP contribution in [-0.2, 0) is 0 Å². The third-order valence-electron chi connectivity index (χ3n) is 7.76. The Morgan fingerprint density at radius 1 is 0.818 bits per heavy atom. The first-order chi connectivity index (χ1) is 21.3. The summed E-state index contributed by atoms with van der Waals surface area (Å²) in [5, 5.41) is 7.64. The van der Waals surface area contributed by atoms with Gasteiger partial charge in [-0.15, -0.1) is 0 Å². The molecule has 1 amide bonds. The number of pyridine rings is 1. The minimum absolute atomic E-state index is 0.289. The first kappa shape index (κ1) is 29.8. The smallest absolute Gasteiger partial charge is 0.274 e. The Morgan fingerprint density at radius 2 is 1.48 bits per heavy atom. The maximum atomic E-state index is 14.3. The molecule has 1 aromatic heterocycles. The van der Waals surface area contributed by atoms with Crippen molar-refractivity contribution in [2.75, 3.05) is 21.3 Å². The van der Waals surface area contributed by atoms with Gasteiger partial charge >= 0.3 is 0 Å². The number of nitrogens with zero attached hydrogens (tertiary/aromatic N) is 3. The highest BCUT2D eigenvalue weighted by atomic mass is 79.9. The van der Waals surface area contributed by atoms with Crippen molar-refractivity contribution in [2.24, 2.45) is 5.10 Å². The molecule has 6 rings (SSSR count). The number of methoxy groups -OCH3 is 3. The molecule has 7 nitrogen and oxygen atoms in total. The molecule has 5 aromatic rings. The van der Waals surface area contributed by atoms with Gasteiger partial charge in [0.15, 0.2) is 11.5 Å². The van der Waals surface area contributed by atoms with E-state index in [0.717, 1.165) is 53.5 Å². The lowest BCUT2D eigenvalue weighted by Crippen LogP contribution is -2.27. The number of rotatable bonds is 7. The van der Waals surface area contributed by atoms with Crippen molar-refractivity contribution in [3.63, 3.8) is 0 Å². The summed E-state index contributed by atoms with van der Waals surface area (Å²) in [6.45, 7) is 2.00. The van der Waals surface area contributed by atoms with Crippen LogP contribution in [0.4, 0.5) is 0 Å². The Balaban J connectivity index is 1.56. The molecule has 0 bridgehead atoms. The molecule has 0 aliphatic carbocycles. The lowest BCUT2D eigenvalue weighted by molar-refractivity contribution is 0.0710. The van der Waals surface area contributed by atoms with Crippen molar-refractivity contribution in [3.8, 4) is 28.4 Å². The normalized spacial score (nSPS) is 14.5. The highest BCUT2D eigenvalue weighted by Gasteiger charge is 2.36. The van der Waals surface area contributed by atoms with Crippen LogP contribution in [-0.4, -0.2) is 42.9 Å². The molecule has 44 heavy (non-hydrogen) atoms. The quantitative estimate of drug-likeness (QED) is 0.169. The zero-order chi connectivity index (χ0) is 31.0. The summed E-state index contributed by atoms with van der Waals surface area (Å²) in [5.41, 5.74) is 6.85. The van der Waals surface area contributed by atoms with Gasteiger partial charge in [-0.25, -0.2) is 5.01 Å². The van der Waals surface area contributed by atoms with E-state index in [1.807, 2.05) is 61.5 Å². The van der Waals surface area contributed by atoms with Crippen molar-refractivity contribution in [1.29, 1.82) is 0 Å². The molecular formula is C35H29Br2N3O4. The van der Waals surface area contributed by atoms with Crippen molar-refractivity contribution in [1.82, 2.24) is 9.99 Å². The maximum Gasteiger partial charge on any atom is 0.274 e. The Kier molecular flexibility index (Phi) is 8.42. The van der Waals surface area contributed by atoms with Crippen LogP contribution in [0.3, 0.4) is 0 Å². The Labute approximate surface area is 272 Å². The number of hydrogen-bond acceptors (Lipinski definition) is 6. The number of hydrazone groups is 1. The van der Waals surface area contributed by atoms with E-state index in [9.17, 15) is 4.79 Å². The molecule has 9 heteroatoms. The highest BCUT2D eigenvalue weighted by molar-refractivity contribution is 9.10. The number of carbonyl (C=O) groups is 1. The second-order valence-electron chi connectivity index (χ2n) is 10.4. The van der Waals surface area contributed by atoms with E-state index in [1.54, 1.807) is 17.1 Å². The molecule has 0 saturated carbocycles. The Hall–Kier alpha value is -4.21. The maximum absolute atomic E-state index is 14.3. The lowest BCUT2D eigenvalue weighted by Gasteiger charge is -2.23. The third kappa shape index (κ3) is 5.46. The monoisotopic (exact) mass is 713 g/mol. The van der Waals surface area contributed by atoms with E-state index in [1.165, 1.54) is 21.3 Å². The summed E-state index contributed by atoms with van der Waals surface area (Å²) in [4.78, 5) is 19.3. The molecule has 0 N–H and O–H groups in total. The van der Waals surface area contributed by atoms with Gasteiger partial charge in [0, 0.05) is 43.1 Å². The van der Waals surface area contributed by atoms with E-state index in [0.29, 0.717) is 29.2 Å². The van der Waals surface area contributed by atoms with Crippen LogP contribution in [0.5, 0.6) is 17.2 Å². The summed E-state index contributed by atoms with van der Waals surface area (Å²) >= 11 is 7.20. The second kappa shape index (κ2) is 12.4. The molecule has 0 spiro atoms. The number of ether oxygens (including phenoxy) is 3. The van der Waals surface area contributed by atoms with Gasteiger partial charge in [-0.2, -0.15) is 5.10 Å². The predicted molar refractivity (Wildman–Crippen MR) is 180 cm³/mol. The summed E-state index contributed by atoms with van der Waals surface area (Å²) in [7, 11) is 4.59. The van der Waals surface area contributed by atoms with Crippen molar-refractivity contribution >= 4 is 54.4 Å². The van der Waals surface area contributed by atoms with E-state index in [-0.39, 0.29) is 11.9 Å². The number of benzene rings is 4. The number of halogens is 2. The van der Waals surface area contributed by atoms with Crippen LogP contribution in [0.25, 0.3) is 22.0 Å². The van der Waals surface area contributed by atoms with Crippen molar-refractivity contribution in [2.45, 2.75) is 19.4 Å². The van der Waals surface area contributed by atoms with Gasteiger partial charge in [0.1, 0.15) is 0 Å². The van der Waals surface area contributed by atoms with Gasteiger partial charge in [-0.3, -0.25) is 9.78 Å². The lowest BCUT2D eigenvalue weighted by atomic mass is 9.89. The number of aryl methyl sites for hydroxylation is 1. The van der Waals surface area contributed by atoms with Gasteiger partial charge in [-0.1, -0.05) is 74.3 Å². The van der Waals surface area contributed by atoms with Gasteiger partial charge < -0.3 is 14.2 Å². The number of fused-ring (bicyclic) bond motifs is 1. The predicted octanol–water partition coefficient (Wildman–Crippen LogP) is 8.75. The average Bonchev–Trinajstić information content (AvgIpc) is 3.48. The zero-order valence-electron chi connectivity index (χ0n) is 24.6. The van der Waals surface area contributed by atoms with E-state index in [2.05, 4.69) is 50.1 Å². The summed E-state index contributed by atoms with van der Waals surface area (Å²) in [6.07, 6.45) is 0.500. The fourth-order valence-electron chi connectivity index (χ4n) is 5.75. The Morgan fingerprint density at radius 3 is 2.11 bits per heavy atom. The molecule has 1 aliphatic heterocycles. The molecule has 1 atom stereocenters. The molecule has 2 heterocycles. The zero-order valence-corrected chi connectivity index (χ0v) is 27.8. The SMILES string of the molecule is COc1cc(C(=O)N2N=C(c3c(C)nc4ccc(Br)cc4c3-c3ccccc3)C[C@H]2c2ccc(Br)cc2)cc(OC)c1OC. The van der Waals surface area contributed by atoms with Gasteiger partial charge in [0.05, 0.1) is 38.6 Å². The molecule has 0 unspecified atom stereocenters. The standard InChI is InChI=1S/C35H29Br2N3O4/c1-20-32(33(22-8-6-5-7-9-22)26-18-25(37)14-15-27(26)38-20)28-19-29(21-10-12-24(36)13-11-21)40(39-28)35(41)23-16-30(42-2)34(44-4)31(17-23)43-3/h5-18,29H,19H2,1-4H3/t29-/m0/s1. The molecule has 0 saturated heterocycles. The second-order valence-corrected chi connectivity index (χ2v) is 12.2.